The van der Waals surface area contributed by atoms with Crippen LogP contribution < -0.4 is 0 Å². The van der Waals surface area contributed by atoms with Gasteiger partial charge >= 0.3 is 0 Å². The molecule has 0 saturated carbocycles. The minimum atomic E-state index is -3.63. The Kier molecular flexibility index (Phi) is 3.80. The summed E-state index contributed by atoms with van der Waals surface area (Å²) in [5, 5.41) is 10.3. The summed E-state index contributed by atoms with van der Waals surface area (Å²) in [7, 11) is -3.63. The first kappa shape index (κ1) is 15.2. The molecule has 4 nitrogen and oxygen atoms in total. The Morgan fingerprint density at radius 2 is 1.64 bits per heavy atom. The number of fused-ring (bicyclic) bond motifs is 1. The zero-order valence-electron chi connectivity index (χ0n) is 12.6. The van der Waals surface area contributed by atoms with Crippen molar-refractivity contribution in [3.63, 3.8) is 0 Å². The normalized spacial score (nSPS) is 22.3. The number of hydrogen-bond donors (Lipinski definition) is 1. The maximum Gasteiger partial charge on any atom is 0.243 e. The maximum atomic E-state index is 12.9. The van der Waals surface area contributed by atoms with Gasteiger partial charge in [0.15, 0.2) is 0 Å². The molecule has 0 spiro atoms. The molecular formula is C17H19NO3S. The van der Waals surface area contributed by atoms with Gasteiger partial charge in [-0.3, -0.25) is 0 Å². The minimum absolute atomic E-state index is 0.0778. The Hall–Kier alpha value is -1.69. The first-order chi connectivity index (χ1) is 10.4. The number of hydrogen-bond acceptors (Lipinski definition) is 3. The quantitative estimate of drug-likeness (QED) is 0.926. The fourth-order valence-electron chi connectivity index (χ4n) is 2.93. The Balaban J connectivity index is 2.04. The summed E-state index contributed by atoms with van der Waals surface area (Å²) < 4.78 is 27.1. The van der Waals surface area contributed by atoms with Crippen LogP contribution in [0.5, 0.6) is 0 Å². The number of aliphatic hydroxyl groups excluding tert-OH is 1. The van der Waals surface area contributed by atoms with E-state index in [2.05, 4.69) is 0 Å². The molecule has 3 rings (SSSR count). The second kappa shape index (κ2) is 5.50. The largest absolute Gasteiger partial charge is 0.387 e. The van der Waals surface area contributed by atoms with E-state index in [-0.39, 0.29) is 17.5 Å². The second-order valence-corrected chi connectivity index (χ2v) is 7.60. The van der Waals surface area contributed by atoms with Crippen LogP contribution in [0.4, 0.5) is 0 Å². The third-order valence-electron chi connectivity index (χ3n) is 4.22. The Bertz CT molecular complexity index is 784. The van der Waals surface area contributed by atoms with Crippen molar-refractivity contribution in [3.05, 3.63) is 65.2 Å². The average Bonchev–Trinajstić information content (AvgIpc) is 2.51. The molecule has 1 aliphatic rings. The number of sulfonamides is 1. The van der Waals surface area contributed by atoms with Gasteiger partial charge in [-0.2, -0.15) is 4.31 Å². The molecule has 22 heavy (non-hydrogen) atoms. The first-order valence-electron chi connectivity index (χ1n) is 7.26. The van der Waals surface area contributed by atoms with E-state index in [9.17, 15) is 13.5 Å². The number of benzene rings is 2. The van der Waals surface area contributed by atoms with Crippen LogP contribution in [-0.2, 0) is 10.0 Å². The van der Waals surface area contributed by atoms with Gasteiger partial charge in [0.05, 0.1) is 11.0 Å². The molecule has 0 radical (unpaired) electrons. The lowest BCUT2D eigenvalue weighted by atomic mass is 9.93. The number of aryl methyl sites for hydroxylation is 1. The fraction of sp³-hybridized carbons (Fsp3) is 0.294. The highest BCUT2D eigenvalue weighted by molar-refractivity contribution is 7.89. The molecule has 1 aliphatic heterocycles. The van der Waals surface area contributed by atoms with Crippen LogP contribution in [-0.4, -0.2) is 24.4 Å². The molecule has 116 valence electrons. The molecule has 0 amide bonds. The third kappa shape index (κ3) is 2.45. The molecular weight excluding hydrogens is 298 g/mol. The number of aliphatic hydroxyl groups is 1. The summed E-state index contributed by atoms with van der Waals surface area (Å²) in [6, 6.07) is 14.0. The van der Waals surface area contributed by atoms with Crippen molar-refractivity contribution < 1.29 is 13.5 Å². The van der Waals surface area contributed by atoms with Crippen LogP contribution in [0, 0.1) is 6.92 Å². The van der Waals surface area contributed by atoms with Crippen LogP contribution in [0.1, 0.15) is 35.8 Å². The molecule has 1 N–H and O–H groups in total. The molecule has 1 heterocycles. The zero-order chi connectivity index (χ0) is 15.9. The lowest BCUT2D eigenvalue weighted by molar-refractivity contribution is 0.118. The summed E-state index contributed by atoms with van der Waals surface area (Å²) >= 11 is 0. The predicted molar refractivity (Wildman–Crippen MR) is 84.9 cm³/mol. The standard InChI is InChI=1S/C17H19NO3S/c1-12-7-9-14(10-8-12)22(20,21)18-11-17(19)16-6-4-3-5-15(16)13(18)2/h3-10,13,17,19H,11H2,1-2H3/t13-,17?/m0/s1. The van der Waals surface area contributed by atoms with Gasteiger partial charge in [0.25, 0.3) is 0 Å². The van der Waals surface area contributed by atoms with Gasteiger partial charge in [0.2, 0.25) is 10.0 Å². The van der Waals surface area contributed by atoms with E-state index in [4.69, 9.17) is 0 Å². The summed E-state index contributed by atoms with van der Waals surface area (Å²) in [5.74, 6) is 0. The van der Waals surface area contributed by atoms with Crippen molar-refractivity contribution in [1.82, 2.24) is 4.31 Å². The molecule has 0 fully saturated rings. The average molecular weight is 317 g/mol. The molecule has 5 heteroatoms. The van der Waals surface area contributed by atoms with Crippen molar-refractivity contribution in [2.45, 2.75) is 30.9 Å². The molecule has 2 atom stereocenters. The topological polar surface area (TPSA) is 57.6 Å². The van der Waals surface area contributed by atoms with Crippen LogP contribution in [0.3, 0.4) is 0 Å². The fourth-order valence-corrected chi connectivity index (χ4v) is 4.55. The monoisotopic (exact) mass is 317 g/mol. The highest BCUT2D eigenvalue weighted by Crippen LogP contribution is 2.37. The number of nitrogens with zero attached hydrogens (tertiary/aromatic N) is 1. The Labute approximate surface area is 131 Å². The lowest BCUT2D eigenvalue weighted by Gasteiger charge is -2.36. The summed E-state index contributed by atoms with van der Waals surface area (Å²) in [6.45, 7) is 3.85. The Morgan fingerprint density at radius 3 is 2.27 bits per heavy atom. The molecule has 0 aromatic heterocycles. The van der Waals surface area contributed by atoms with Crippen molar-refractivity contribution in [1.29, 1.82) is 0 Å². The molecule has 1 unspecified atom stereocenters. The molecule has 0 saturated heterocycles. The summed E-state index contributed by atoms with van der Waals surface area (Å²) in [6.07, 6.45) is -0.798. The van der Waals surface area contributed by atoms with Crippen LogP contribution in [0.2, 0.25) is 0 Å². The SMILES string of the molecule is Cc1ccc(S(=O)(=O)N2CC(O)c3ccccc3[C@@H]2C)cc1. The van der Waals surface area contributed by atoms with E-state index in [0.717, 1.165) is 16.7 Å². The first-order valence-corrected chi connectivity index (χ1v) is 8.70. The van der Waals surface area contributed by atoms with Crippen molar-refractivity contribution in [3.8, 4) is 0 Å². The van der Waals surface area contributed by atoms with E-state index < -0.39 is 16.1 Å². The Morgan fingerprint density at radius 1 is 1.05 bits per heavy atom. The van der Waals surface area contributed by atoms with E-state index in [1.165, 1.54) is 4.31 Å². The van der Waals surface area contributed by atoms with Gasteiger partial charge < -0.3 is 5.11 Å². The summed E-state index contributed by atoms with van der Waals surface area (Å²) in [4.78, 5) is 0.261. The van der Waals surface area contributed by atoms with E-state index in [1.54, 1.807) is 24.3 Å². The number of β-amino-alcohol motifs (C(OH)–C–C–N with tert-alkyl or cyclic N) is 1. The van der Waals surface area contributed by atoms with Gasteiger partial charge in [0, 0.05) is 12.6 Å². The highest BCUT2D eigenvalue weighted by atomic mass is 32.2. The van der Waals surface area contributed by atoms with Crippen LogP contribution in [0.25, 0.3) is 0 Å². The van der Waals surface area contributed by atoms with Crippen molar-refractivity contribution in [2.75, 3.05) is 6.54 Å². The van der Waals surface area contributed by atoms with E-state index in [0.29, 0.717) is 0 Å². The van der Waals surface area contributed by atoms with Gasteiger partial charge in [-0.15, -0.1) is 0 Å². The molecule has 0 aliphatic carbocycles. The smallest absolute Gasteiger partial charge is 0.243 e. The minimum Gasteiger partial charge on any atom is -0.387 e. The maximum absolute atomic E-state index is 12.9. The van der Waals surface area contributed by atoms with Gasteiger partial charge in [0.1, 0.15) is 0 Å². The number of rotatable bonds is 2. The third-order valence-corrected chi connectivity index (χ3v) is 6.17. The second-order valence-electron chi connectivity index (χ2n) is 5.71. The van der Waals surface area contributed by atoms with Crippen molar-refractivity contribution >= 4 is 10.0 Å². The zero-order valence-corrected chi connectivity index (χ0v) is 13.4. The molecule has 0 bridgehead atoms. The lowest BCUT2D eigenvalue weighted by Crippen LogP contribution is -2.40. The van der Waals surface area contributed by atoms with Gasteiger partial charge in [-0.25, -0.2) is 8.42 Å². The highest BCUT2D eigenvalue weighted by Gasteiger charge is 2.37. The summed E-state index contributed by atoms with van der Waals surface area (Å²) in [5.41, 5.74) is 2.68. The molecule has 2 aromatic carbocycles. The molecule has 2 aromatic rings. The van der Waals surface area contributed by atoms with E-state index >= 15 is 0 Å². The van der Waals surface area contributed by atoms with Crippen LogP contribution in [0.15, 0.2) is 53.4 Å². The van der Waals surface area contributed by atoms with Gasteiger partial charge in [-0.05, 0) is 37.1 Å². The van der Waals surface area contributed by atoms with E-state index in [1.807, 2.05) is 38.1 Å². The predicted octanol–water partition coefficient (Wildman–Crippen LogP) is 2.79. The van der Waals surface area contributed by atoms with Crippen molar-refractivity contribution in [2.24, 2.45) is 0 Å². The van der Waals surface area contributed by atoms with Gasteiger partial charge in [-0.1, -0.05) is 42.0 Å². The van der Waals surface area contributed by atoms with Crippen LogP contribution >= 0.6 is 0 Å².